The average molecular weight is 197 g/mol. The van der Waals surface area contributed by atoms with Gasteiger partial charge in [-0.1, -0.05) is 0 Å². The van der Waals surface area contributed by atoms with E-state index in [4.69, 9.17) is 0 Å². The van der Waals surface area contributed by atoms with Crippen molar-refractivity contribution in [1.82, 2.24) is 5.48 Å². The van der Waals surface area contributed by atoms with Crippen molar-refractivity contribution in [2.45, 2.75) is 25.4 Å². The minimum Gasteiger partial charge on any atom is -0.273 e. The topological polar surface area (TPSA) is 38.3 Å². The van der Waals surface area contributed by atoms with E-state index in [0.29, 0.717) is 5.92 Å². The van der Waals surface area contributed by atoms with Crippen LogP contribution in [0, 0.1) is 5.92 Å². The summed E-state index contributed by atoms with van der Waals surface area (Å²) in [5.41, 5.74) is 1.75. The molecule has 1 aliphatic carbocycles. The van der Waals surface area contributed by atoms with Crippen LogP contribution in [0.4, 0.5) is 13.2 Å². The van der Waals surface area contributed by atoms with Gasteiger partial charge in [0.15, 0.2) is 6.61 Å². The largest absolute Gasteiger partial charge is 0.414 e. The van der Waals surface area contributed by atoms with E-state index in [1.165, 1.54) is 0 Å². The lowest BCUT2D eigenvalue weighted by Gasteiger charge is -2.07. The van der Waals surface area contributed by atoms with Crippen molar-refractivity contribution in [2.75, 3.05) is 6.61 Å². The van der Waals surface area contributed by atoms with Crippen LogP contribution in [0.5, 0.6) is 0 Å². The Balaban J connectivity index is 2.01. The maximum atomic E-state index is 11.5. The van der Waals surface area contributed by atoms with E-state index < -0.39 is 18.7 Å². The number of amides is 1. The molecular formula is C7H10F3NO2. The molecule has 1 N–H and O–H groups in total. The third kappa shape index (κ3) is 5.46. The number of hydroxylamine groups is 1. The highest BCUT2D eigenvalue weighted by Crippen LogP contribution is 2.32. The van der Waals surface area contributed by atoms with Crippen LogP contribution in [-0.4, -0.2) is 18.7 Å². The zero-order chi connectivity index (χ0) is 9.90. The van der Waals surface area contributed by atoms with E-state index in [1.807, 2.05) is 0 Å². The van der Waals surface area contributed by atoms with Gasteiger partial charge in [-0.2, -0.15) is 13.2 Å². The Bertz CT molecular complexity index is 189. The SMILES string of the molecule is O=C(CC1CC1)NOCC(F)(F)F. The number of hydrogen-bond acceptors (Lipinski definition) is 2. The second-order valence-corrected chi connectivity index (χ2v) is 3.08. The Morgan fingerprint density at radius 3 is 2.54 bits per heavy atom. The molecule has 0 aliphatic heterocycles. The first kappa shape index (κ1) is 10.3. The number of carbonyl (C=O) groups is 1. The number of alkyl halides is 3. The van der Waals surface area contributed by atoms with Crippen LogP contribution in [0.3, 0.4) is 0 Å². The summed E-state index contributed by atoms with van der Waals surface area (Å²) >= 11 is 0. The van der Waals surface area contributed by atoms with Crippen LogP contribution in [0.15, 0.2) is 0 Å². The molecule has 0 aromatic rings. The van der Waals surface area contributed by atoms with Crippen LogP contribution in [-0.2, 0) is 9.63 Å². The van der Waals surface area contributed by atoms with Gasteiger partial charge < -0.3 is 0 Å². The van der Waals surface area contributed by atoms with E-state index in [0.717, 1.165) is 12.8 Å². The second-order valence-electron chi connectivity index (χ2n) is 3.08. The third-order valence-corrected chi connectivity index (χ3v) is 1.59. The van der Waals surface area contributed by atoms with Gasteiger partial charge in [0.1, 0.15) is 0 Å². The number of hydrogen-bond donors (Lipinski definition) is 1. The summed E-state index contributed by atoms with van der Waals surface area (Å²) in [6, 6.07) is 0. The highest BCUT2D eigenvalue weighted by Gasteiger charge is 2.29. The number of carbonyl (C=O) groups excluding carboxylic acids is 1. The highest BCUT2D eigenvalue weighted by molar-refractivity contribution is 5.75. The highest BCUT2D eigenvalue weighted by atomic mass is 19.4. The van der Waals surface area contributed by atoms with Gasteiger partial charge in [0.25, 0.3) is 0 Å². The van der Waals surface area contributed by atoms with Crippen LogP contribution in [0.2, 0.25) is 0 Å². The van der Waals surface area contributed by atoms with Crippen molar-refractivity contribution >= 4 is 5.91 Å². The molecule has 6 heteroatoms. The Morgan fingerprint density at radius 1 is 1.46 bits per heavy atom. The molecule has 1 rings (SSSR count). The zero-order valence-corrected chi connectivity index (χ0v) is 6.86. The molecule has 0 heterocycles. The summed E-state index contributed by atoms with van der Waals surface area (Å²) in [6.45, 7) is -1.44. The number of rotatable bonds is 4. The first-order valence-electron chi connectivity index (χ1n) is 3.95. The summed E-state index contributed by atoms with van der Waals surface area (Å²) in [4.78, 5) is 14.7. The predicted octanol–water partition coefficient (Wildman–Crippen LogP) is 1.40. The van der Waals surface area contributed by atoms with Crippen molar-refractivity contribution < 1.29 is 22.8 Å². The van der Waals surface area contributed by atoms with Crippen molar-refractivity contribution in [2.24, 2.45) is 5.92 Å². The molecule has 0 bridgehead atoms. The smallest absolute Gasteiger partial charge is 0.273 e. The molecule has 0 spiro atoms. The average Bonchev–Trinajstić information content (AvgIpc) is 2.68. The molecule has 76 valence electrons. The maximum Gasteiger partial charge on any atom is 0.414 e. The summed E-state index contributed by atoms with van der Waals surface area (Å²) < 4.78 is 34.5. The number of halogens is 3. The van der Waals surface area contributed by atoms with Crippen molar-refractivity contribution in [3.63, 3.8) is 0 Å². The molecular weight excluding hydrogens is 187 g/mol. The summed E-state index contributed by atoms with van der Waals surface area (Å²) in [5, 5.41) is 0. The minimum absolute atomic E-state index is 0.262. The molecule has 3 nitrogen and oxygen atoms in total. The summed E-state index contributed by atoms with van der Waals surface area (Å²) in [6.07, 6.45) is -2.18. The van der Waals surface area contributed by atoms with Gasteiger partial charge in [-0.3, -0.25) is 9.63 Å². The zero-order valence-electron chi connectivity index (χ0n) is 6.86. The fraction of sp³-hybridized carbons (Fsp3) is 0.857. The van der Waals surface area contributed by atoms with Crippen LogP contribution in [0.1, 0.15) is 19.3 Å². The van der Waals surface area contributed by atoms with E-state index in [2.05, 4.69) is 4.84 Å². The second kappa shape index (κ2) is 3.95. The third-order valence-electron chi connectivity index (χ3n) is 1.59. The van der Waals surface area contributed by atoms with Gasteiger partial charge in [-0.15, -0.1) is 0 Å². The van der Waals surface area contributed by atoms with Crippen LogP contribution in [0.25, 0.3) is 0 Å². The van der Waals surface area contributed by atoms with Crippen molar-refractivity contribution in [3.05, 3.63) is 0 Å². The Kier molecular flexibility index (Phi) is 3.13. The monoisotopic (exact) mass is 197 g/mol. The summed E-state index contributed by atoms with van der Waals surface area (Å²) in [5.74, 6) is -0.138. The normalized spacial score (nSPS) is 17.2. The fourth-order valence-electron chi connectivity index (χ4n) is 0.824. The lowest BCUT2D eigenvalue weighted by molar-refractivity contribution is -0.191. The molecule has 0 aromatic carbocycles. The molecule has 13 heavy (non-hydrogen) atoms. The molecule has 0 radical (unpaired) electrons. The minimum atomic E-state index is -4.40. The lowest BCUT2D eigenvalue weighted by Crippen LogP contribution is -2.29. The predicted molar refractivity (Wildman–Crippen MR) is 37.5 cm³/mol. The Labute approximate surface area is 73.2 Å². The van der Waals surface area contributed by atoms with Gasteiger partial charge in [0.2, 0.25) is 5.91 Å². The molecule has 1 amide bonds. The Hall–Kier alpha value is -0.780. The first-order valence-corrected chi connectivity index (χ1v) is 3.95. The molecule has 0 atom stereocenters. The molecule has 1 saturated carbocycles. The molecule has 0 unspecified atom stereocenters. The first-order chi connectivity index (χ1) is 5.97. The van der Waals surface area contributed by atoms with Gasteiger partial charge in [0, 0.05) is 6.42 Å². The van der Waals surface area contributed by atoms with Crippen molar-refractivity contribution in [1.29, 1.82) is 0 Å². The van der Waals surface area contributed by atoms with Gasteiger partial charge in [-0.25, -0.2) is 5.48 Å². The maximum absolute atomic E-state index is 11.5. The number of nitrogens with one attached hydrogen (secondary N) is 1. The van der Waals surface area contributed by atoms with E-state index in [9.17, 15) is 18.0 Å². The molecule has 1 aliphatic rings. The molecule has 1 fully saturated rings. The van der Waals surface area contributed by atoms with Crippen LogP contribution < -0.4 is 5.48 Å². The van der Waals surface area contributed by atoms with Crippen molar-refractivity contribution in [3.8, 4) is 0 Å². The standard InChI is InChI=1S/C7H10F3NO2/c8-7(9,10)4-13-11-6(12)3-5-1-2-5/h5H,1-4H2,(H,11,12). The summed E-state index contributed by atoms with van der Waals surface area (Å²) in [7, 11) is 0. The van der Waals surface area contributed by atoms with E-state index in [1.54, 1.807) is 5.48 Å². The van der Waals surface area contributed by atoms with E-state index >= 15 is 0 Å². The van der Waals surface area contributed by atoms with Gasteiger partial charge >= 0.3 is 6.18 Å². The lowest BCUT2D eigenvalue weighted by atomic mass is 10.3. The van der Waals surface area contributed by atoms with Gasteiger partial charge in [-0.05, 0) is 18.8 Å². The van der Waals surface area contributed by atoms with Gasteiger partial charge in [0.05, 0.1) is 0 Å². The fourth-order valence-corrected chi connectivity index (χ4v) is 0.824. The van der Waals surface area contributed by atoms with E-state index in [-0.39, 0.29) is 6.42 Å². The molecule has 0 aromatic heterocycles. The Morgan fingerprint density at radius 2 is 2.08 bits per heavy atom. The van der Waals surface area contributed by atoms with Crippen LogP contribution >= 0.6 is 0 Å². The quantitative estimate of drug-likeness (QED) is 0.692. The molecule has 0 saturated heterocycles.